The highest BCUT2D eigenvalue weighted by atomic mass is 16.6. The number of hydrogen-bond donors (Lipinski definition) is 2. The van der Waals surface area contributed by atoms with Crippen LogP contribution in [-0.2, 0) is 20.7 Å². The zero-order valence-corrected chi connectivity index (χ0v) is 22.3. The summed E-state index contributed by atoms with van der Waals surface area (Å²) in [6, 6.07) is 20.5. The first-order chi connectivity index (χ1) is 17.6. The lowest BCUT2D eigenvalue weighted by molar-refractivity contribution is -0.138. The number of ether oxygens (including phenoxy) is 1. The van der Waals surface area contributed by atoms with Crippen molar-refractivity contribution in [2.24, 2.45) is 0 Å². The maximum atomic E-state index is 13.7. The standard InChI is InChI=1S/C30H37N3O4/c1-6-18-33(26(34)20-31-29(36)37-30(3,4)5)27(23-14-12-21(7-2)13-15-23)28(35)32-25-17-16-22-10-8-9-11-24(22)19-25/h8-17,19,27H,6-7,18,20H2,1-5H3,(H,31,36)(H,32,35). The number of alkyl carbamates (subject to hydrolysis) is 1. The molecule has 0 aromatic heterocycles. The van der Waals surface area contributed by atoms with Crippen molar-refractivity contribution in [3.05, 3.63) is 77.9 Å². The maximum absolute atomic E-state index is 13.7. The molecule has 3 aromatic rings. The Balaban J connectivity index is 1.89. The number of rotatable bonds is 9. The maximum Gasteiger partial charge on any atom is 0.408 e. The summed E-state index contributed by atoms with van der Waals surface area (Å²) in [7, 11) is 0. The summed E-state index contributed by atoms with van der Waals surface area (Å²) >= 11 is 0. The lowest BCUT2D eigenvalue weighted by Crippen LogP contribution is -2.46. The minimum absolute atomic E-state index is 0.276. The molecular formula is C30H37N3O4. The van der Waals surface area contributed by atoms with Gasteiger partial charge in [0.15, 0.2) is 0 Å². The van der Waals surface area contributed by atoms with Crippen LogP contribution < -0.4 is 10.6 Å². The number of fused-ring (bicyclic) bond motifs is 1. The van der Waals surface area contributed by atoms with Gasteiger partial charge in [0.1, 0.15) is 18.2 Å². The van der Waals surface area contributed by atoms with E-state index in [1.807, 2.05) is 73.7 Å². The molecular weight excluding hydrogens is 466 g/mol. The zero-order valence-electron chi connectivity index (χ0n) is 22.3. The Kier molecular flexibility index (Phi) is 9.28. The predicted molar refractivity (Wildman–Crippen MR) is 147 cm³/mol. The molecule has 0 fully saturated rings. The number of nitrogens with one attached hydrogen (secondary N) is 2. The molecule has 0 saturated heterocycles. The van der Waals surface area contributed by atoms with Crippen LogP contribution in [0.1, 0.15) is 58.2 Å². The van der Waals surface area contributed by atoms with Gasteiger partial charge in [-0.15, -0.1) is 0 Å². The molecule has 0 aliphatic carbocycles. The van der Waals surface area contributed by atoms with Crippen LogP contribution in [-0.4, -0.2) is 41.5 Å². The molecule has 0 radical (unpaired) electrons. The topological polar surface area (TPSA) is 87.7 Å². The van der Waals surface area contributed by atoms with E-state index in [-0.39, 0.29) is 18.4 Å². The number of carbonyl (C=O) groups is 3. The second kappa shape index (κ2) is 12.4. The third-order valence-electron chi connectivity index (χ3n) is 5.85. The fraction of sp³-hybridized carbons (Fsp3) is 0.367. The van der Waals surface area contributed by atoms with Gasteiger partial charge in [-0.2, -0.15) is 0 Å². The quantitative estimate of drug-likeness (QED) is 0.384. The molecule has 1 unspecified atom stereocenters. The minimum Gasteiger partial charge on any atom is -0.444 e. The van der Waals surface area contributed by atoms with Crippen LogP contribution in [0.4, 0.5) is 10.5 Å². The predicted octanol–water partition coefficient (Wildman–Crippen LogP) is 5.85. The van der Waals surface area contributed by atoms with Crippen LogP contribution >= 0.6 is 0 Å². The summed E-state index contributed by atoms with van der Waals surface area (Å²) in [6.07, 6.45) is 0.832. The average molecular weight is 504 g/mol. The highest BCUT2D eigenvalue weighted by Crippen LogP contribution is 2.26. The van der Waals surface area contributed by atoms with Gasteiger partial charge in [-0.1, -0.05) is 68.4 Å². The van der Waals surface area contributed by atoms with Crippen LogP contribution in [0.2, 0.25) is 0 Å². The molecule has 2 N–H and O–H groups in total. The number of carbonyl (C=O) groups excluding carboxylic acids is 3. The highest BCUT2D eigenvalue weighted by molar-refractivity contribution is 6.00. The largest absolute Gasteiger partial charge is 0.444 e. The second-order valence-electron chi connectivity index (χ2n) is 9.99. The SMILES string of the molecule is CCCN(C(=O)CNC(=O)OC(C)(C)C)C(C(=O)Nc1ccc2ccccc2c1)c1ccc(CC)cc1. The first-order valence-corrected chi connectivity index (χ1v) is 12.8. The van der Waals surface area contributed by atoms with Crippen LogP contribution in [0.15, 0.2) is 66.7 Å². The fourth-order valence-electron chi connectivity index (χ4n) is 4.09. The Hall–Kier alpha value is -3.87. The van der Waals surface area contributed by atoms with E-state index in [1.165, 1.54) is 4.90 Å². The Morgan fingerprint density at radius 1 is 0.919 bits per heavy atom. The number of aryl methyl sites for hydroxylation is 1. The Morgan fingerprint density at radius 2 is 1.59 bits per heavy atom. The van der Waals surface area contributed by atoms with Crippen LogP contribution in [0.25, 0.3) is 10.8 Å². The van der Waals surface area contributed by atoms with E-state index in [2.05, 4.69) is 17.6 Å². The lowest BCUT2D eigenvalue weighted by Gasteiger charge is -2.31. The van der Waals surface area contributed by atoms with Gasteiger partial charge in [0, 0.05) is 12.2 Å². The average Bonchev–Trinajstić information content (AvgIpc) is 2.86. The van der Waals surface area contributed by atoms with Crippen LogP contribution in [0.3, 0.4) is 0 Å². The van der Waals surface area contributed by atoms with Gasteiger partial charge in [0.05, 0.1) is 0 Å². The smallest absolute Gasteiger partial charge is 0.408 e. The van der Waals surface area contributed by atoms with E-state index in [9.17, 15) is 14.4 Å². The molecule has 0 spiro atoms. The molecule has 0 heterocycles. The summed E-state index contributed by atoms with van der Waals surface area (Å²) < 4.78 is 5.26. The molecule has 7 nitrogen and oxygen atoms in total. The van der Waals surface area contributed by atoms with Crippen molar-refractivity contribution in [3.63, 3.8) is 0 Å². The zero-order chi connectivity index (χ0) is 27.0. The van der Waals surface area contributed by atoms with E-state index in [0.29, 0.717) is 24.2 Å². The van der Waals surface area contributed by atoms with Crippen molar-refractivity contribution in [3.8, 4) is 0 Å². The molecule has 0 aliphatic heterocycles. The second-order valence-corrected chi connectivity index (χ2v) is 9.99. The van der Waals surface area contributed by atoms with Crippen LogP contribution in [0.5, 0.6) is 0 Å². The Bertz CT molecular complexity index is 1230. The third-order valence-corrected chi connectivity index (χ3v) is 5.85. The molecule has 3 amide bonds. The van der Waals surface area contributed by atoms with Crippen molar-refractivity contribution >= 4 is 34.4 Å². The molecule has 196 valence electrons. The normalized spacial score (nSPS) is 12.0. The number of amides is 3. The van der Waals surface area contributed by atoms with Gasteiger partial charge in [-0.25, -0.2) is 4.79 Å². The van der Waals surface area contributed by atoms with Gasteiger partial charge < -0.3 is 20.3 Å². The lowest BCUT2D eigenvalue weighted by atomic mass is 10.0. The number of nitrogens with zero attached hydrogens (tertiary/aromatic N) is 1. The van der Waals surface area contributed by atoms with E-state index in [0.717, 1.165) is 22.8 Å². The monoisotopic (exact) mass is 503 g/mol. The fourth-order valence-corrected chi connectivity index (χ4v) is 4.09. The summed E-state index contributed by atoms with van der Waals surface area (Å²) in [4.78, 5) is 40.8. The molecule has 0 saturated carbocycles. The van der Waals surface area contributed by atoms with Gasteiger partial charge in [0.25, 0.3) is 5.91 Å². The van der Waals surface area contributed by atoms with E-state index in [1.54, 1.807) is 20.8 Å². The summed E-state index contributed by atoms with van der Waals surface area (Å²) in [5.74, 6) is -0.690. The number of anilines is 1. The number of benzene rings is 3. The molecule has 1 atom stereocenters. The van der Waals surface area contributed by atoms with Crippen molar-refractivity contribution < 1.29 is 19.1 Å². The molecule has 0 aliphatic rings. The minimum atomic E-state index is -0.870. The van der Waals surface area contributed by atoms with Crippen LogP contribution in [0, 0.1) is 0 Å². The molecule has 7 heteroatoms. The Labute approximate surface area is 219 Å². The van der Waals surface area contributed by atoms with E-state index >= 15 is 0 Å². The first-order valence-electron chi connectivity index (χ1n) is 12.8. The summed E-state index contributed by atoms with van der Waals surface area (Å²) in [5.41, 5.74) is 1.81. The number of hydrogen-bond acceptors (Lipinski definition) is 4. The molecule has 37 heavy (non-hydrogen) atoms. The highest BCUT2D eigenvalue weighted by Gasteiger charge is 2.31. The summed E-state index contributed by atoms with van der Waals surface area (Å²) in [5, 5.41) is 7.61. The third kappa shape index (κ3) is 7.81. The first kappa shape index (κ1) is 27.7. The molecule has 3 aromatic carbocycles. The van der Waals surface area contributed by atoms with Crippen molar-refractivity contribution in [2.75, 3.05) is 18.4 Å². The summed E-state index contributed by atoms with van der Waals surface area (Å²) in [6.45, 7) is 9.34. The van der Waals surface area contributed by atoms with Gasteiger partial charge in [0.2, 0.25) is 5.91 Å². The van der Waals surface area contributed by atoms with E-state index < -0.39 is 17.7 Å². The van der Waals surface area contributed by atoms with Gasteiger partial charge >= 0.3 is 6.09 Å². The van der Waals surface area contributed by atoms with Gasteiger partial charge in [-0.05, 0) is 67.6 Å². The molecule has 0 bridgehead atoms. The van der Waals surface area contributed by atoms with Gasteiger partial charge in [-0.3, -0.25) is 9.59 Å². The van der Waals surface area contributed by atoms with Crippen molar-refractivity contribution in [2.45, 2.75) is 59.1 Å². The Morgan fingerprint density at radius 3 is 2.22 bits per heavy atom. The van der Waals surface area contributed by atoms with Crippen molar-refractivity contribution in [1.82, 2.24) is 10.2 Å². The molecule has 3 rings (SSSR count). The van der Waals surface area contributed by atoms with Crippen molar-refractivity contribution in [1.29, 1.82) is 0 Å². The van der Waals surface area contributed by atoms with E-state index in [4.69, 9.17) is 4.74 Å².